The molecule has 0 atom stereocenters. The fourth-order valence-corrected chi connectivity index (χ4v) is 1.99. The fourth-order valence-electron chi connectivity index (χ4n) is 1.99. The van der Waals surface area contributed by atoms with Crippen molar-refractivity contribution in [1.82, 2.24) is 0 Å². The lowest BCUT2D eigenvalue weighted by Gasteiger charge is -2.14. The molecule has 0 saturated carbocycles. The van der Waals surface area contributed by atoms with E-state index in [0.717, 1.165) is 22.7 Å². The van der Waals surface area contributed by atoms with E-state index in [2.05, 4.69) is 5.32 Å². The number of rotatable bonds is 7. The summed E-state index contributed by atoms with van der Waals surface area (Å²) in [5.74, 6) is 1.55. The van der Waals surface area contributed by atoms with Gasteiger partial charge in [-0.15, -0.1) is 0 Å². The second kappa shape index (κ2) is 7.81. The van der Waals surface area contributed by atoms with Crippen molar-refractivity contribution in [2.45, 2.75) is 13.5 Å². The number of ether oxygens (including phenoxy) is 2. The first-order valence-electron chi connectivity index (χ1n) is 6.88. The van der Waals surface area contributed by atoms with Gasteiger partial charge in [0, 0.05) is 12.1 Å². The van der Waals surface area contributed by atoms with Crippen LogP contribution in [0.2, 0.25) is 0 Å². The molecule has 2 rings (SSSR count). The van der Waals surface area contributed by atoms with E-state index in [4.69, 9.17) is 14.7 Å². The molecule has 0 aliphatic rings. The maximum absolute atomic E-state index is 8.61. The van der Waals surface area contributed by atoms with E-state index in [0.29, 0.717) is 13.2 Å². The van der Waals surface area contributed by atoms with Gasteiger partial charge < -0.3 is 14.8 Å². The SMILES string of the molecule is CCOc1ccccc1NCc1ccccc1OCC#N. The highest BCUT2D eigenvalue weighted by Crippen LogP contribution is 2.26. The van der Waals surface area contributed by atoms with Crippen molar-refractivity contribution in [3.8, 4) is 17.6 Å². The zero-order chi connectivity index (χ0) is 14.9. The zero-order valence-electron chi connectivity index (χ0n) is 12.0. The number of hydrogen-bond acceptors (Lipinski definition) is 4. The molecule has 0 aliphatic heterocycles. The second-order valence-corrected chi connectivity index (χ2v) is 4.34. The minimum absolute atomic E-state index is 0.0482. The van der Waals surface area contributed by atoms with Gasteiger partial charge in [-0.2, -0.15) is 5.26 Å². The molecule has 0 saturated heterocycles. The summed E-state index contributed by atoms with van der Waals surface area (Å²) in [4.78, 5) is 0. The van der Waals surface area contributed by atoms with Gasteiger partial charge in [0.25, 0.3) is 0 Å². The molecular formula is C17H18N2O2. The Labute approximate surface area is 124 Å². The van der Waals surface area contributed by atoms with Crippen molar-refractivity contribution >= 4 is 5.69 Å². The highest BCUT2D eigenvalue weighted by molar-refractivity contribution is 5.56. The van der Waals surface area contributed by atoms with Crippen molar-refractivity contribution in [2.75, 3.05) is 18.5 Å². The van der Waals surface area contributed by atoms with Gasteiger partial charge in [-0.1, -0.05) is 30.3 Å². The monoisotopic (exact) mass is 282 g/mol. The third kappa shape index (κ3) is 4.15. The lowest BCUT2D eigenvalue weighted by Crippen LogP contribution is -2.05. The summed E-state index contributed by atoms with van der Waals surface area (Å²) in [7, 11) is 0. The Kier molecular flexibility index (Phi) is 5.48. The van der Waals surface area contributed by atoms with Crippen LogP contribution in [0.25, 0.3) is 0 Å². The molecule has 0 heterocycles. The van der Waals surface area contributed by atoms with Gasteiger partial charge in [0.2, 0.25) is 0 Å². The van der Waals surface area contributed by atoms with E-state index in [-0.39, 0.29) is 6.61 Å². The largest absolute Gasteiger partial charge is 0.492 e. The number of hydrogen-bond donors (Lipinski definition) is 1. The number of nitrogens with one attached hydrogen (secondary N) is 1. The van der Waals surface area contributed by atoms with Crippen LogP contribution in [0.15, 0.2) is 48.5 Å². The Hall–Kier alpha value is -2.67. The molecule has 2 aromatic carbocycles. The van der Waals surface area contributed by atoms with Crippen LogP contribution in [0.1, 0.15) is 12.5 Å². The van der Waals surface area contributed by atoms with Crippen LogP contribution < -0.4 is 14.8 Å². The number of nitriles is 1. The first-order chi connectivity index (χ1) is 10.3. The van der Waals surface area contributed by atoms with E-state index in [9.17, 15) is 0 Å². The first kappa shape index (κ1) is 14.7. The molecular weight excluding hydrogens is 264 g/mol. The third-order valence-electron chi connectivity index (χ3n) is 2.92. The smallest absolute Gasteiger partial charge is 0.174 e. The van der Waals surface area contributed by atoms with Crippen molar-refractivity contribution in [3.63, 3.8) is 0 Å². The predicted octanol–water partition coefficient (Wildman–Crippen LogP) is 3.60. The normalized spacial score (nSPS) is 9.71. The molecule has 4 heteroatoms. The summed E-state index contributed by atoms with van der Waals surface area (Å²) >= 11 is 0. The summed E-state index contributed by atoms with van der Waals surface area (Å²) in [6.45, 7) is 3.24. The Morgan fingerprint density at radius 1 is 1.00 bits per heavy atom. The van der Waals surface area contributed by atoms with E-state index in [1.165, 1.54) is 0 Å². The molecule has 4 nitrogen and oxygen atoms in total. The topological polar surface area (TPSA) is 54.3 Å². The Balaban J connectivity index is 2.08. The van der Waals surface area contributed by atoms with Gasteiger partial charge in [0.15, 0.2) is 6.61 Å². The number of para-hydroxylation sites is 3. The number of nitrogens with zero attached hydrogens (tertiary/aromatic N) is 1. The van der Waals surface area contributed by atoms with Gasteiger partial charge >= 0.3 is 0 Å². The first-order valence-corrected chi connectivity index (χ1v) is 6.88. The Morgan fingerprint density at radius 2 is 1.71 bits per heavy atom. The molecule has 2 aromatic rings. The maximum atomic E-state index is 8.61. The molecule has 0 aromatic heterocycles. The zero-order valence-corrected chi connectivity index (χ0v) is 12.0. The minimum Gasteiger partial charge on any atom is -0.492 e. The Morgan fingerprint density at radius 3 is 2.48 bits per heavy atom. The Bertz CT molecular complexity index is 620. The van der Waals surface area contributed by atoms with Crippen LogP contribution in [-0.2, 0) is 6.54 Å². The van der Waals surface area contributed by atoms with Crippen LogP contribution >= 0.6 is 0 Å². The molecule has 108 valence electrons. The average Bonchev–Trinajstić information content (AvgIpc) is 2.53. The van der Waals surface area contributed by atoms with Gasteiger partial charge in [-0.05, 0) is 25.1 Å². The van der Waals surface area contributed by atoms with E-state index in [1.54, 1.807) is 0 Å². The highest BCUT2D eigenvalue weighted by atomic mass is 16.5. The van der Waals surface area contributed by atoms with Crippen molar-refractivity contribution < 1.29 is 9.47 Å². The van der Waals surface area contributed by atoms with Gasteiger partial charge in [0.1, 0.15) is 17.6 Å². The molecule has 0 aliphatic carbocycles. The lowest BCUT2D eigenvalue weighted by atomic mass is 10.2. The van der Waals surface area contributed by atoms with E-state index in [1.807, 2.05) is 61.5 Å². The van der Waals surface area contributed by atoms with E-state index >= 15 is 0 Å². The lowest BCUT2D eigenvalue weighted by molar-refractivity contribution is 0.341. The molecule has 0 spiro atoms. The summed E-state index contributed by atoms with van der Waals surface area (Å²) in [6.07, 6.45) is 0. The van der Waals surface area contributed by atoms with Crippen molar-refractivity contribution in [1.29, 1.82) is 5.26 Å². The number of anilines is 1. The van der Waals surface area contributed by atoms with Crippen molar-refractivity contribution in [3.05, 3.63) is 54.1 Å². The predicted molar refractivity (Wildman–Crippen MR) is 82.5 cm³/mol. The van der Waals surface area contributed by atoms with Crippen LogP contribution in [0.5, 0.6) is 11.5 Å². The minimum atomic E-state index is 0.0482. The molecule has 0 amide bonds. The highest BCUT2D eigenvalue weighted by Gasteiger charge is 2.05. The van der Waals surface area contributed by atoms with Crippen LogP contribution in [-0.4, -0.2) is 13.2 Å². The molecule has 0 fully saturated rings. The molecule has 0 radical (unpaired) electrons. The van der Waals surface area contributed by atoms with Crippen molar-refractivity contribution in [2.24, 2.45) is 0 Å². The third-order valence-corrected chi connectivity index (χ3v) is 2.92. The average molecular weight is 282 g/mol. The molecule has 0 bridgehead atoms. The summed E-state index contributed by atoms with van der Waals surface area (Å²) in [6, 6.07) is 17.5. The van der Waals surface area contributed by atoms with Crippen LogP contribution in [0.3, 0.4) is 0 Å². The summed E-state index contributed by atoms with van der Waals surface area (Å²) in [5.41, 5.74) is 1.94. The molecule has 21 heavy (non-hydrogen) atoms. The molecule has 1 N–H and O–H groups in total. The maximum Gasteiger partial charge on any atom is 0.174 e. The summed E-state index contributed by atoms with van der Waals surface area (Å²) < 4.78 is 11.0. The van der Waals surface area contributed by atoms with Gasteiger partial charge in [-0.3, -0.25) is 0 Å². The second-order valence-electron chi connectivity index (χ2n) is 4.34. The summed E-state index contributed by atoms with van der Waals surface area (Å²) in [5, 5.41) is 12.0. The van der Waals surface area contributed by atoms with Crippen LogP contribution in [0, 0.1) is 11.3 Å². The van der Waals surface area contributed by atoms with Gasteiger partial charge in [-0.25, -0.2) is 0 Å². The van der Waals surface area contributed by atoms with E-state index < -0.39 is 0 Å². The fraction of sp³-hybridized carbons (Fsp3) is 0.235. The van der Waals surface area contributed by atoms with Crippen LogP contribution in [0.4, 0.5) is 5.69 Å². The molecule has 0 unspecified atom stereocenters. The quantitative estimate of drug-likeness (QED) is 0.843. The standard InChI is InChI=1S/C17H18N2O2/c1-2-20-17-10-6-4-8-15(17)19-13-14-7-3-5-9-16(14)21-12-11-18/h3-10,19H,2,12-13H2,1H3. The number of benzene rings is 2. The van der Waals surface area contributed by atoms with Gasteiger partial charge in [0.05, 0.1) is 12.3 Å².